The van der Waals surface area contributed by atoms with Crippen molar-refractivity contribution >= 4 is 0 Å². The van der Waals surface area contributed by atoms with E-state index in [1.165, 1.54) is 19.3 Å². The van der Waals surface area contributed by atoms with Gasteiger partial charge in [0, 0.05) is 0 Å². The number of rotatable bonds is 4. The standard InChI is InChI=1S/C26H46/c1-6-18(4)23-11-12-24-22-10-9-19-17-26(7-2,8-3)16-14-20(19)21(22)13-15-25(23,24)5/h18-24H,6-17H2,1-5H3. The maximum Gasteiger partial charge on any atom is -0.0264 e. The van der Waals surface area contributed by atoms with Crippen LogP contribution in [-0.4, -0.2) is 0 Å². The highest BCUT2D eigenvalue weighted by atomic mass is 14.6. The van der Waals surface area contributed by atoms with Crippen molar-refractivity contribution in [2.24, 2.45) is 52.3 Å². The van der Waals surface area contributed by atoms with E-state index in [9.17, 15) is 0 Å². The van der Waals surface area contributed by atoms with Crippen LogP contribution in [0, 0.1) is 52.3 Å². The van der Waals surface area contributed by atoms with Gasteiger partial charge in [-0.05, 0) is 110 Å². The van der Waals surface area contributed by atoms with Gasteiger partial charge >= 0.3 is 0 Å². The SMILES string of the molecule is CCC(C)C1CCC2C3CCC4CC(CC)(CC)CCC4C3CCC12C. The molecule has 0 aliphatic heterocycles. The van der Waals surface area contributed by atoms with Crippen molar-refractivity contribution in [3.8, 4) is 0 Å². The molecule has 0 aromatic carbocycles. The van der Waals surface area contributed by atoms with Crippen LogP contribution < -0.4 is 0 Å². The van der Waals surface area contributed by atoms with Gasteiger partial charge in [-0.15, -0.1) is 0 Å². The maximum atomic E-state index is 2.73. The van der Waals surface area contributed by atoms with Crippen LogP contribution in [0.1, 0.15) is 112 Å². The Balaban J connectivity index is 1.51. The highest BCUT2D eigenvalue weighted by Crippen LogP contribution is 2.66. The third-order valence-corrected chi connectivity index (χ3v) is 11.1. The van der Waals surface area contributed by atoms with Gasteiger partial charge in [-0.25, -0.2) is 0 Å². The summed E-state index contributed by atoms with van der Waals surface area (Å²) in [5.41, 5.74) is 1.40. The van der Waals surface area contributed by atoms with E-state index in [0.717, 1.165) is 41.4 Å². The van der Waals surface area contributed by atoms with Crippen LogP contribution in [-0.2, 0) is 0 Å². The fourth-order valence-electron chi connectivity index (χ4n) is 9.22. The largest absolute Gasteiger partial charge is 0.0651 e. The Hall–Kier alpha value is 0. The van der Waals surface area contributed by atoms with Crippen LogP contribution in [0.3, 0.4) is 0 Å². The summed E-state index contributed by atoms with van der Waals surface area (Å²) in [6.07, 6.45) is 18.4. The Kier molecular flexibility index (Phi) is 5.28. The van der Waals surface area contributed by atoms with Crippen LogP contribution in [0.25, 0.3) is 0 Å². The van der Waals surface area contributed by atoms with Crippen LogP contribution in [0.15, 0.2) is 0 Å². The molecule has 0 radical (unpaired) electrons. The summed E-state index contributed by atoms with van der Waals surface area (Å²) in [6.45, 7) is 12.6. The van der Waals surface area contributed by atoms with Gasteiger partial charge in [0.05, 0.1) is 0 Å². The van der Waals surface area contributed by atoms with Gasteiger partial charge in [-0.1, -0.05) is 53.9 Å². The second-order valence-electron chi connectivity index (χ2n) is 11.5. The number of fused-ring (bicyclic) bond motifs is 5. The summed E-state index contributed by atoms with van der Waals surface area (Å²) in [4.78, 5) is 0. The van der Waals surface area contributed by atoms with Crippen LogP contribution in [0.2, 0.25) is 0 Å². The van der Waals surface area contributed by atoms with E-state index in [-0.39, 0.29) is 0 Å². The van der Waals surface area contributed by atoms with Crippen molar-refractivity contribution in [3.05, 3.63) is 0 Å². The van der Waals surface area contributed by atoms with E-state index in [4.69, 9.17) is 0 Å². The van der Waals surface area contributed by atoms with Crippen molar-refractivity contribution in [3.63, 3.8) is 0 Å². The zero-order chi connectivity index (χ0) is 18.5. The normalized spacial score (nSPS) is 48.3. The summed E-state index contributed by atoms with van der Waals surface area (Å²) in [5.74, 6) is 7.44. The fourth-order valence-corrected chi connectivity index (χ4v) is 9.22. The van der Waals surface area contributed by atoms with Crippen molar-refractivity contribution in [2.45, 2.75) is 112 Å². The molecule has 4 saturated carbocycles. The van der Waals surface area contributed by atoms with Crippen molar-refractivity contribution in [1.82, 2.24) is 0 Å². The van der Waals surface area contributed by atoms with Crippen LogP contribution in [0.4, 0.5) is 0 Å². The molecule has 8 atom stereocenters. The van der Waals surface area contributed by atoms with Crippen LogP contribution in [0.5, 0.6) is 0 Å². The predicted octanol–water partition coefficient (Wildman–Crippen LogP) is 8.11. The second-order valence-corrected chi connectivity index (χ2v) is 11.5. The zero-order valence-electron chi connectivity index (χ0n) is 18.5. The first kappa shape index (κ1) is 19.3. The van der Waals surface area contributed by atoms with E-state index in [0.29, 0.717) is 10.8 Å². The highest BCUT2D eigenvalue weighted by Gasteiger charge is 2.58. The lowest BCUT2D eigenvalue weighted by Gasteiger charge is -2.58. The van der Waals surface area contributed by atoms with Crippen molar-refractivity contribution in [2.75, 3.05) is 0 Å². The molecule has 26 heavy (non-hydrogen) atoms. The molecule has 4 fully saturated rings. The summed E-state index contributed by atoms with van der Waals surface area (Å²) in [7, 11) is 0. The number of hydrogen-bond donors (Lipinski definition) is 0. The quantitative estimate of drug-likeness (QED) is 0.476. The van der Waals surface area contributed by atoms with Gasteiger partial charge in [0.2, 0.25) is 0 Å². The molecule has 4 aliphatic rings. The molecule has 0 N–H and O–H groups in total. The monoisotopic (exact) mass is 358 g/mol. The number of hydrogen-bond acceptors (Lipinski definition) is 0. The molecule has 0 bridgehead atoms. The molecule has 4 aliphatic carbocycles. The Bertz CT molecular complexity index is 488. The minimum absolute atomic E-state index is 0.689. The van der Waals surface area contributed by atoms with E-state index < -0.39 is 0 Å². The van der Waals surface area contributed by atoms with Gasteiger partial charge in [0.25, 0.3) is 0 Å². The Morgan fingerprint density at radius 3 is 2.23 bits per heavy atom. The van der Waals surface area contributed by atoms with Crippen molar-refractivity contribution in [1.29, 1.82) is 0 Å². The average molecular weight is 359 g/mol. The Morgan fingerprint density at radius 2 is 1.54 bits per heavy atom. The second kappa shape index (κ2) is 7.11. The lowest BCUT2D eigenvalue weighted by atomic mass is 9.47. The highest BCUT2D eigenvalue weighted by molar-refractivity contribution is 5.07. The molecule has 0 amide bonds. The molecule has 0 heterocycles. The minimum Gasteiger partial charge on any atom is -0.0651 e. The van der Waals surface area contributed by atoms with E-state index in [1.54, 1.807) is 57.8 Å². The van der Waals surface area contributed by atoms with Gasteiger partial charge in [0.1, 0.15) is 0 Å². The van der Waals surface area contributed by atoms with Gasteiger partial charge < -0.3 is 0 Å². The van der Waals surface area contributed by atoms with E-state index in [2.05, 4.69) is 34.6 Å². The fraction of sp³-hybridized carbons (Fsp3) is 1.00. The maximum absolute atomic E-state index is 2.73. The molecule has 0 heteroatoms. The topological polar surface area (TPSA) is 0 Å². The molecule has 0 aromatic rings. The van der Waals surface area contributed by atoms with Gasteiger partial charge in [0.15, 0.2) is 0 Å². The first-order chi connectivity index (χ1) is 12.5. The molecular formula is C26H46. The molecule has 150 valence electrons. The summed E-state index contributed by atoms with van der Waals surface area (Å²) >= 11 is 0. The lowest BCUT2D eigenvalue weighted by Crippen LogP contribution is -2.50. The average Bonchev–Trinajstić information content (AvgIpc) is 3.03. The smallest absolute Gasteiger partial charge is 0.0264 e. The van der Waals surface area contributed by atoms with Crippen LogP contribution >= 0.6 is 0 Å². The predicted molar refractivity (Wildman–Crippen MR) is 113 cm³/mol. The minimum atomic E-state index is 0.689. The summed E-state index contributed by atoms with van der Waals surface area (Å²) in [5, 5.41) is 0. The summed E-state index contributed by atoms with van der Waals surface area (Å²) < 4.78 is 0. The third kappa shape index (κ3) is 2.83. The molecule has 0 nitrogen and oxygen atoms in total. The molecule has 8 unspecified atom stereocenters. The van der Waals surface area contributed by atoms with Crippen molar-refractivity contribution < 1.29 is 0 Å². The van der Waals surface area contributed by atoms with E-state index >= 15 is 0 Å². The Morgan fingerprint density at radius 1 is 0.808 bits per heavy atom. The Labute approximate surface area is 164 Å². The first-order valence-electron chi connectivity index (χ1n) is 12.5. The third-order valence-electron chi connectivity index (χ3n) is 11.1. The molecule has 0 aromatic heterocycles. The summed E-state index contributed by atoms with van der Waals surface area (Å²) in [6, 6.07) is 0. The van der Waals surface area contributed by atoms with Gasteiger partial charge in [-0.2, -0.15) is 0 Å². The first-order valence-corrected chi connectivity index (χ1v) is 12.5. The van der Waals surface area contributed by atoms with E-state index in [1.807, 2.05) is 0 Å². The molecular weight excluding hydrogens is 312 g/mol. The lowest BCUT2D eigenvalue weighted by molar-refractivity contribution is -0.0857. The molecule has 0 spiro atoms. The molecule has 0 saturated heterocycles. The molecule has 4 rings (SSSR count). The zero-order valence-corrected chi connectivity index (χ0v) is 18.5. The van der Waals surface area contributed by atoms with Gasteiger partial charge in [-0.3, -0.25) is 0 Å².